The molecule has 9 rings (SSSR count). The Morgan fingerprint density at radius 2 is 0.958 bits per heavy atom. The van der Waals surface area contributed by atoms with Gasteiger partial charge < -0.3 is 9.32 Å². The molecule has 226 valence electrons. The fourth-order valence-electron chi connectivity index (χ4n) is 6.93. The fourth-order valence-corrected chi connectivity index (χ4v) is 6.93. The van der Waals surface area contributed by atoms with Gasteiger partial charge in [0, 0.05) is 27.7 Å². The largest absolute Gasteiger partial charge is 0.456 e. The Hall–Kier alpha value is -6.38. The maximum Gasteiger partial charge on any atom is 0.136 e. The van der Waals surface area contributed by atoms with Crippen LogP contribution < -0.4 is 4.90 Å². The van der Waals surface area contributed by atoms with E-state index in [1.807, 2.05) is 12.1 Å². The van der Waals surface area contributed by atoms with Gasteiger partial charge in [0.25, 0.3) is 0 Å². The van der Waals surface area contributed by atoms with E-state index in [4.69, 9.17) is 4.42 Å². The first kappa shape index (κ1) is 27.9. The smallest absolute Gasteiger partial charge is 0.136 e. The SMILES string of the molecule is c1ccc(-c2ccc(N(c3ccccc3)c3ccc(-c4cccc5cc6c(cc45)oc4ccccc46)cc3)c(-c3ccccc3)c2)cc1. The minimum atomic E-state index is 0.912. The second kappa shape index (κ2) is 11.8. The molecule has 1 aromatic heterocycles. The minimum Gasteiger partial charge on any atom is -0.456 e. The van der Waals surface area contributed by atoms with Gasteiger partial charge in [0.2, 0.25) is 0 Å². The maximum absolute atomic E-state index is 6.28. The standard InChI is InChI=1S/C46H31NO/c1-4-13-32(14-5-1)35-25-28-44(42(29-35)33-15-6-2-7-16-33)47(37-18-8-3-9-19-37)38-26-23-34(24-27-38)39-21-12-17-36-30-43-40-20-10-11-22-45(40)48-46(43)31-41(36)39/h1-31H. The van der Waals surface area contributed by atoms with Crippen molar-refractivity contribution in [2.75, 3.05) is 4.90 Å². The van der Waals surface area contributed by atoms with Crippen molar-refractivity contribution in [3.8, 4) is 33.4 Å². The number of rotatable bonds is 6. The van der Waals surface area contributed by atoms with Gasteiger partial charge in [-0.25, -0.2) is 0 Å². The van der Waals surface area contributed by atoms with Crippen LogP contribution in [-0.4, -0.2) is 0 Å². The summed E-state index contributed by atoms with van der Waals surface area (Å²) in [4.78, 5) is 2.36. The van der Waals surface area contributed by atoms with Gasteiger partial charge in [-0.2, -0.15) is 0 Å². The molecule has 8 aromatic carbocycles. The number of anilines is 3. The Morgan fingerprint density at radius 1 is 0.333 bits per heavy atom. The van der Waals surface area contributed by atoms with E-state index in [0.717, 1.165) is 44.6 Å². The molecular formula is C46H31NO. The number of fused-ring (bicyclic) bond motifs is 4. The normalized spacial score (nSPS) is 11.3. The zero-order valence-corrected chi connectivity index (χ0v) is 26.3. The van der Waals surface area contributed by atoms with Crippen LogP contribution in [0.4, 0.5) is 17.1 Å². The molecule has 0 saturated heterocycles. The van der Waals surface area contributed by atoms with Crippen molar-refractivity contribution in [1.82, 2.24) is 0 Å². The Bertz CT molecular complexity index is 2530. The summed E-state index contributed by atoms with van der Waals surface area (Å²) in [7, 11) is 0. The molecule has 0 saturated carbocycles. The summed E-state index contributed by atoms with van der Waals surface area (Å²) in [6, 6.07) is 66.9. The number of nitrogens with zero attached hydrogens (tertiary/aromatic N) is 1. The van der Waals surface area contributed by atoms with Crippen molar-refractivity contribution in [2.24, 2.45) is 0 Å². The van der Waals surface area contributed by atoms with Gasteiger partial charge in [-0.05, 0) is 93.2 Å². The lowest BCUT2D eigenvalue weighted by Crippen LogP contribution is -2.11. The molecule has 0 amide bonds. The summed E-state index contributed by atoms with van der Waals surface area (Å²) in [5.74, 6) is 0. The van der Waals surface area contributed by atoms with E-state index in [1.54, 1.807) is 0 Å². The van der Waals surface area contributed by atoms with E-state index >= 15 is 0 Å². The molecule has 2 nitrogen and oxygen atoms in total. The quantitative estimate of drug-likeness (QED) is 0.185. The van der Waals surface area contributed by atoms with Crippen LogP contribution in [0.3, 0.4) is 0 Å². The van der Waals surface area contributed by atoms with Crippen molar-refractivity contribution in [2.45, 2.75) is 0 Å². The van der Waals surface area contributed by atoms with Crippen LogP contribution in [0.1, 0.15) is 0 Å². The number of hydrogen-bond donors (Lipinski definition) is 0. The highest BCUT2D eigenvalue weighted by atomic mass is 16.3. The van der Waals surface area contributed by atoms with Crippen molar-refractivity contribution >= 4 is 49.8 Å². The van der Waals surface area contributed by atoms with Gasteiger partial charge >= 0.3 is 0 Å². The van der Waals surface area contributed by atoms with Crippen molar-refractivity contribution < 1.29 is 4.42 Å². The van der Waals surface area contributed by atoms with Crippen LogP contribution in [-0.2, 0) is 0 Å². The summed E-state index contributed by atoms with van der Waals surface area (Å²) in [6.45, 7) is 0. The summed E-state index contributed by atoms with van der Waals surface area (Å²) >= 11 is 0. The summed E-state index contributed by atoms with van der Waals surface area (Å²) in [5.41, 5.74) is 12.2. The monoisotopic (exact) mass is 613 g/mol. The molecule has 0 atom stereocenters. The van der Waals surface area contributed by atoms with E-state index < -0.39 is 0 Å². The summed E-state index contributed by atoms with van der Waals surface area (Å²) < 4.78 is 6.28. The van der Waals surface area contributed by atoms with E-state index in [1.165, 1.54) is 38.6 Å². The van der Waals surface area contributed by atoms with Gasteiger partial charge in [-0.15, -0.1) is 0 Å². The lowest BCUT2D eigenvalue weighted by Gasteiger charge is -2.28. The predicted octanol–water partition coefficient (Wildman–Crippen LogP) is 13.2. The summed E-state index contributed by atoms with van der Waals surface area (Å²) in [6.07, 6.45) is 0. The highest BCUT2D eigenvalue weighted by Gasteiger charge is 2.19. The molecule has 0 aliphatic heterocycles. The zero-order chi connectivity index (χ0) is 31.9. The van der Waals surface area contributed by atoms with Crippen LogP contribution in [0.15, 0.2) is 192 Å². The molecule has 1 heterocycles. The van der Waals surface area contributed by atoms with Crippen molar-refractivity contribution in [3.63, 3.8) is 0 Å². The highest BCUT2D eigenvalue weighted by molar-refractivity contribution is 6.12. The van der Waals surface area contributed by atoms with Crippen LogP contribution in [0.2, 0.25) is 0 Å². The first-order valence-electron chi connectivity index (χ1n) is 16.3. The van der Waals surface area contributed by atoms with Crippen LogP contribution >= 0.6 is 0 Å². The van der Waals surface area contributed by atoms with E-state index in [2.05, 4.69) is 181 Å². The molecule has 0 unspecified atom stereocenters. The second-order valence-corrected chi connectivity index (χ2v) is 12.2. The molecule has 0 aliphatic carbocycles. The number of furan rings is 1. The molecule has 0 fully saturated rings. The van der Waals surface area contributed by atoms with Gasteiger partial charge in [-0.3, -0.25) is 0 Å². The molecule has 0 bridgehead atoms. The number of hydrogen-bond acceptors (Lipinski definition) is 2. The fraction of sp³-hybridized carbons (Fsp3) is 0. The van der Waals surface area contributed by atoms with Crippen molar-refractivity contribution in [3.05, 3.63) is 188 Å². The Balaban J connectivity index is 1.18. The molecule has 0 spiro atoms. The first-order valence-corrected chi connectivity index (χ1v) is 16.3. The molecule has 0 radical (unpaired) electrons. The summed E-state index contributed by atoms with van der Waals surface area (Å²) in [5, 5.41) is 4.68. The Labute approximate surface area is 279 Å². The topological polar surface area (TPSA) is 16.4 Å². The molecule has 9 aromatic rings. The first-order chi connectivity index (χ1) is 23.8. The average Bonchev–Trinajstić information content (AvgIpc) is 3.53. The number of para-hydroxylation sites is 2. The Morgan fingerprint density at radius 3 is 1.73 bits per heavy atom. The predicted molar refractivity (Wildman–Crippen MR) is 202 cm³/mol. The Kier molecular flexibility index (Phi) is 6.84. The molecular weight excluding hydrogens is 583 g/mol. The lowest BCUT2D eigenvalue weighted by atomic mass is 9.95. The van der Waals surface area contributed by atoms with Crippen molar-refractivity contribution in [1.29, 1.82) is 0 Å². The van der Waals surface area contributed by atoms with Crippen LogP contribution in [0, 0.1) is 0 Å². The van der Waals surface area contributed by atoms with E-state index in [-0.39, 0.29) is 0 Å². The molecule has 48 heavy (non-hydrogen) atoms. The van der Waals surface area contributed by atoms with Crippen LogP contribution in [0.5, 0.6) is 0 Å². The third-order valence-electron chi connectivity index (χ3n) is 9.26. The van der Waals surface area contributed by atoms with E-state index in [9.17, 15) is 0 Å². The maximum atomic E-state index is 6.28. The third kappa shape index (κ3) is 4.92. The van der Waals surface area contributed by atoms with E-state index in [0.29, 0.717) is 0 Å². The average molecular weight is 614 g/mol. The minimum absolute atomic E-state index is 0.912. The molecule has 2 heteroatoms. The van der Waals surface area contributed by atoms with Gasteiger partial charge in [0.15, 0.2) is 0 Å². The zero-order valence-electron chi connectivity index (χ0n) is 26.3. The van der Waals surface area contributed by atoms with Crippen LogP contribution in [0.25, 0.3) is 66.1 Å². The highest BCUT2D eigenvalue weighted by Crippen LogP contribution is 2.43. The third-order valence-corrected chi connectivity index (χ3v) is 9.26. The number of benzene rings is 8. The second-order valence-electron chi connectivity index (χ2n) is 12.2. The molecule has 0 aliphatic rings. The van der Waals surface area contributed by atoms with Gasteiger partial charge in [0.1, 0.15) is 11.2 Å². The molecule has 0 N–H and O–H groups in total. The van der Waals surface area contributed by atoms with Gasteiger partial charge in [0.05, 0.1) is 5.69 Å². The van der Waals surface area contributed by atoms with Gasteiger partial charge in [-0.1, -0.05) is 133 Å². The lowest BCUT2D eigenvalue weighted by molar-refractivity contribution is 0.669.